The molecule has 0 aliphatic heterocycles. The summed E-state index contributed by atoms with van der Waals surface area (Å²) in [5.41, 5.74) is 2.35. The van der Waals surface area contributed by atoms with Gasteiger partial charge < -0.3 is 10.6 Å². The number of carbonyl (C=O) groups excluding carboxylic acids is 2. The first kappa shape index (κ1) is 23.6. The van der Waals surface area contributed by atoms with E-state index in [1.165, 1.54) is 12.1 Å². The Labute approximate surface area is 202 Å². The Morgan fingerprint density at radius 3 is 2.20 bits per heavy atom. The summed E-state index contributed by atoms with van der Waals surface area (Å²) in [7, 11) is -3.77. The number of benzene rings is 3. The highest BCUT2D eigenvalue weighted by Crippen LogP contribution is 2.22. The van der Waals surface area contributed by atoms with E-state index in [9.17, 15) is 18.0 Å². The highest BCUT2D eigenvalue weighted by Gasteiger charge is 2.19. The average molecular weight is 485 g/mol. The number of fused-ring (bicyclic) bond motifs is 1. The highest BCUT2D eigenvalue weighted by molar-refractivity contribution is 7.91. The average Bonchev–Trinajstić information content (AvgIpc) is 2.84. The first-order chi connectivity index (χ1) is 16.8. The third-order valence-corrected chi connectivity index (χ3v) is 6.58. The van der Waals surface area contributed by atoms with Crippen LogP contribution in [0, 0.1) is 11.3 Å². The SMILES string of the molecule is N#Cc1ccc(CS(=O)(=O)CC(=O)Nc2ccccc2NC(=O)c2ccc3ccccc3n2)cc1. The number of nitrogens with one attached hydrogen (secondary N) is 2. The van der Waals surface area contributed by atoms with E-state index in [0.29, 0.717) is 22.3 Å². The topological polar surface area (TPSA) is 129 Å². The molecule has 35 heavy (non-hydrogen) atoms. The number of nitriles is 1. The minimum Gasteiger partial charge on any atom is -0.323 e. The van der Waals surface area contributed by atoms with Crippen molar-refractivity contribution in [3.63, 3.8) is 0 Å². The van der Waals surface area contributed by atoms with Gasteiger partial charge in [0.05, 0.1) is 34.3 Å². The van der Waals surface area contributed by atoms with Gasteiger partial charge in [-0.1, -0.05) is 48.5 Å². The zero-order valence-corrected chi connectivity index (χ0v) is 19.2. The Morgan fingerprint density at radius 1 is 0.829 bits per heavy atom. The molecule has 2 amide bonds. The molecule has 1 aromatic heterocycles. The zero-order chi connectivity index (χ0) is 24.8. The van der Waals surface area contributed by atoms with Crippen LogP contribution in [0.3, 0.4) is 0 Å². The van der Waals surface area contributed by atoms with Gasteiger partial charge in [-0.25, -0.2) is 13.4 Å². The Kier molecular flexibility index (Phi) is 6.85. The second kappa shape index (κ2) is 10.2. The molecule has 0 fully saturated rings. The van der Waals surface area contributed by atoms with Crippen LogP contribution in [-0.4, -0.2) is 31.0 Å². The van der Waals surface area contributed by atoms with Crippen LogP contribution in [0.5, 0.6) is 0 Å². The minimum absolute atomic E-state index is 0.204. The van der Waals surface area contributed by atoms with Crippen molar-refractivity contribution in [3.05, 3.63) is 102 Å². The van der Waals surface area contributed by atoms with Gasteiger partial charge in [0.15, 0.2) is 9.84 Å². The molecule has 4 aromatic rings. The van der Waals surface area contributed by atoms with Crippen molar-refractivity contribution in [2.75, 3.05) is 16.4 Å². The Hall–Kier alpha value is -4.55. The van der Waals surface area contributed by atoms with Gasteiger partial charge in [0.25, 0.3) is 5.91 Å². The van der Waals surface area contributed by atoms with Crippen molar-refractivity contribution in [2.24, 2.45) is 0 Å². The lowest BCUT2D eigenvalue weighted by Gasteiger charge is -2.12. The van der Waals surface area contributed by atoms with Crippen LogP contribution in [0.2, 0.25) is 0 Å². The molecule has 0 spiro atoms. The highest BCUT2D eigenvalue weighted by atomic mass is 32.2. The van der Waals surface area contributed by atoms with Crippen LogP contribution in [0.15, 0.2) is 84.9 Å². The van der Waals surface area contributed by atoms with Crippen molar-refractivity contribution in [1.29, 1.82) is 5.26 Å². The number of amides is 2. The van der Waals surface area contributed by atoms with Crippen molar-refractivity contribution < 1.29 is 18.0 Å². The van der Waals surface area contributed by atoms with Gasteiger partial charge in [0, 0.05) is 5.39 Å². The first-order valence-electron chi connectivity index (χ1n) is 10.6. The third-order valence-electron chi connectivity index (χ3n) is 5.10. The number of hydrogen-bond acceptors (Lipinski definition) is 6. The maximum atomic E-state index is 12.8. The molecular formula is C26H20N4O4S. The number of anilines is 2. The summed E-state index contributed by atoms with van der Waals surface area (Å²) in [6.07, 6.45) is 0. The molecule has 0 aliphatic carbocycles. The Bertz CT molecular complexity index is 1560. The van der Waals surface area contributed by atoms with Crippen LogP contribution in [0.4, 0.5) is 11.4 Å². The molecule has 0 unspecified atom stereocenters. The van der Waals surface area contributed by atoms with E-state index < -0.39 is 27.4 Å². The number of carbonyl (C=O) groups is 2. The van der Waals surface area contributed by atoms with Crippen LogP contribution < -0.4 is 10.6 Å². The van der Waals surface area contributed by atoms with Crippen molar-refractivity contribution in [1.82, 2.24) is 4.98 Å². The molecule has 8 nitrogen and oxygen atoms in total. The molecule has 3 aromatic carbocycles. The molecule has 0 radical (unpaired) electrons. The molecule has 0 saturated carbocycles. The summed E-state index contributed by atoms with van der Waals surface area (Å²) in [5, 5.41) is 15.0. The molecule has 174 valence electrons. The number of aromatic nitrogens is 1. The summed E-state index contributed by atoms with van der Waals surface area (Å²) < 4.78 is 25.0. The Balaban J connectivity index is 1.43. The van der Waals surface area contributed by atoms with Crippen LogP contribution in [0.1, 0.15) is 21.6 Å². The molecule has 0 aliphatic rings. The van der Waals surface area contributed by atoms with E-state index >= 15 is 0 Å². The quantitative estimate of drug-likeness (QED) is 0.409. The monoisotopic (exact) mass is 484 g/mol. The van der Waals surface area contributed by atoms with Crippen LogP contribution in [0.25, 0.3) is 10.9 Å². The van der Waals surface area contributed by atoms with Crippen molar-refractivity contribution in [3.8, 4) is 6.07 Å². The number of pyridine rings is 1. The third kappa shape index (κ3) is 6.07. The summed E-state index contributed by atoms with van der Waals surface area (Å²) in [5.74, 6) is -2.27. The lowest BCUT2D eigenvalue weighted by molar-refractivity contribution is -0.113. The second-order valence-corrected chi connectivity index (χ2v) is 9.84. The standard InChI is InChI=1S/C26H20N4O4S/c27-15-18-9-11-19(12-10-18)16-35(33,34)17-25(31)29-22-7-3-4-8-23(22)30-26(32)24-14-13-20-5-1-2-6-21(20)28-24/h1-14H,16-17H2,(H,29,31)(H,30,32). The summed E-state index contributed by atoms with van der Waals surface area (Å²) in [6.45, 7) is 0. The van der Waals surface area contributed by atoms with Crippen LogP contribution in [-0.2, 0) is 20.4 Å². The van der Waals surface area contributed by atoms with Gasteiger partial charge in [-0.2, -0.15) is 5.26 Å². The smallest absolute Gasteiger partial charge is 0.274 e. The minimum atomic E-state index is -3.77. The van der Waals surface area contributed by atoms with Gasteiger partial charge >= 0.3 is 0 Å². The van der Waals surface area contributed by atoms with Crippen molar-refractivity contribution >= 4 is 43.9 Å². The molecule has 4 rings (SSSR count). The largest absolute Gasteiger partial charge is 0.323 e. The second-order valence-electron chi connectivity index (χ2n) is 7.78. The van der Waals surface area contributed by atoms with Gasteiger partial charge in [-0.05, 0) is 42.0 Å². The molecule has 9 heteroatoms. The summed E-state index contributed by atoms with van der Waals surface area (Å²) in [4.78, 5) is 29.7. The van der Waals surface area contributed by atoms with E-state index in [4.69, 9.17) is 5.26 Å². The van der Waals surface area contributed by atoms with Crippen LogP contribution >= 0.6 is 0 Å². The number of rotatable bonds is 7. The molecule has 2 N–H and O–H groups in total. The Morgan fingerprint density at radius 2 is 1.49 bits per heavy atom. The number of sulfone groups is 1. The maximum Gasteiger partial charge on any atom is 0.274 e. The van der Waals surface area contributed by atoms with Crippen molar-refractivity contribution in [2.45, 2.75) is 5.75 Å². The number of para-hydroxylation sites is 3. The van der Waals surface area contributed by atoms with E-state index in [0.717, 1.165) is 5.39 Å². The van der Waals surface area contributed by atoms with E-state index in [1.54, 1.807) is 54.6 Å². The van der Waals surface area contributed by atoms with E-state index in [-0.39, 0.29) is 17.1 Å². The number of nitrogens with zero attached hydrogens (tertiary/aromatic N) is 2. The lowest BCUT2D eigenvalue weighted by atomic mass is 10.2. The lowest BCUT2D eigenvalue weighted by Crippen LogP contribution is -2.25. The van der Waals surface area contributed by atoms with Gasteiger partial charge in [-0.15, -0.1) is 0 Å². The molecule has 0 bridgehead atoms. The number of hydrogen-bond donors (Lipinski definition) is 2. The fourth-order valence-electron chi connectivity index (χ4n) is 3.45. The predicted octanol–water partition coefficient (Wildman–Crippen LogP) is 3.91. The van der Waals surface area contributed by atoms with Gasteiger partial charge in [-0.3, -0.25) is 9.59 Å². The fourth-order valence-corrected chi connectivity index (χ4v) is 4.72. The zero-order valence-electron chi connectivity index (χ0n) is 18.4. The first-order valence-corrected chi connectivity index (χ1v) is 12.4. The summed E-state index contributed by atoms with van der Waals surface area (Å²) >= 11 is 0. The fraction of sp³-hybridized carbons (Fsp3) is 0.0769. The van der Waals surface area contributed by atoms with Gasteiger partial charge in [0.1, 0.15) is 11.4 Å². The van der Waals surface area contributed by atoms with E-state index in [1.807, 2.05) is 24.3 Å². The van der Waals surface area contributed by atoms with Gasteiger partial charge in [0.2, 0.25) is 5.91 Å². The molecular weight excluding hydrogens is 464 g/mol. The maximum absolute atomic E-state index is 12.8. The molecule has 0 atom stereocenters. The van der Waals surface area contributed by atoms with E-state index in [2.05, 4.69) is 15.6 Å². The summed E-state index contributed by atoms with van der Waals surface area (Å²) in [6, 6.07) is 25.4. The molecule has 1 heterocycles. The molecule has 0 saturated heterocycles. The normalized spacial score (nSPS) is 10.9. The predicted molar refractivity (Wildman–Crippen MR) is 133 cm³/mol.